The van der Waals surface area contributed by atoms with E-state index in [0.717, 1.165) is 20.8 Å². The lowest BCUT2D eigenvalue weighted by Crippen LogP contribution is -2.09. The van der Waals surface area contributed by atoms with Gasteiger partial charge in [-0.05, 0) is 36.4 Å². The van der Waals surface area contributed by atoms with Crippen LogP contribution >= 0.6 is 27.7 Å². The third kappa shape index (κ3) is 4.04. The Hall–Kier alpha value is -1.45. The molecule has 9 heteroatoms. The van der Waals surface area contributed by atoms with Crippen molar-refractivity contribution in [3.05, 3.63) is 53.0 Å². The largest absolute Gasteiger partial charge is 0.321 e. The summed E-state index contributed by atoms with van der Waals surface area (Å²) < 4.78 is 52.9. The molecule has 0 atom stereocenters. The Morgan fingerprint density at radius 1 is 1.12 bits per heavy atom. The van der Waals surface area contributed by atoms with Crippen molar-refractivity contribution in [2.45, 2.75) is 16.6 Å². The molecule has 0 amide bonds. The van der Waals surface area contributed by atoms with Crippen molar-refractivity contribution in [3.8, 4) is 0 Å². The molecule has 0 unspecified atom stereocenters. The van der Waals surface area contributed by atoms with Crippen LogP contribution in [0.5, 0.6) is 0 Å². The minimum Gasteiger partial charge on any atom is -0.261 e. The summed E-state index contributed by atoms with van der Waals surface area (Å²) in [5, 5.41) is 0.113. The molecule has 0 saturated heterocycles. The van der Waals surface area contributed by atoms with E-state index in [-0.39, 0.29) is 21.6 Å². The van der Waals surface area contributed by atoms with E-state index < -0.39 is 16.4 Å². The number of sulfone groups is 1. The maximum Gasteiger partial charge on any atom is 0.321 e. The molecule has 3 rings (SSSR count). The first kappa shape index (κ1) is 18.3. The molecule has 0 fully saturated rings. The minimum absolute atomic E-state index is 0.113. The van der Waals surface area contributed by atoms with Crippen molar-refractivity contribution in [1.82, 2.24) is 9.55 Å². The first-order chi connectivity index (χ1) is 11.9. The topological polar surface area (TPSA) is 52.0 Å². The summed E-state index contributed by atoms with van der Waals surface area (Å²) in [5.74, 6) is -0.0276. The number of hydrogen-bond acceptors (Lipinski definition) is 4. The van der Waals surface area contributed by atoms with Gasteiger partial charge in [0.15, 0.2) is 15.0 Å². The summed E-state index contributed by atoms with van der Waals surface area (Å²) in [4.78, 5) is 4.39. The number of alkyl halides is 2. The Balaban J connectivity index is 1.77. The van der Waals surface area contributed by atoms with Crippen molar-refractivity contribution in [1.29, 1.82) is 0 Å². The van der Waals surface area contributed by atoms with Gasteiger partial charge in [-0.2, -0.15) is 8.78 Å². The quantitative estimate of drug-likeness (QED) is 0.512. The molecule has 0 aliphatic carbocycles. The number of halogens is 3. The number of imidazole rings is 1. The fourth-order valence-electron chi connectivity index (χ4n) is 2.32. The Bertz CT molecular complexity index is 989. The first-order valence-corrected chi connectivity index (χ1v) is 10.7. The van der Waals surface area contributed by atoms with E-state index in [9.17, 15) is 17.2 Å². The zero-order valence-electron chi connectivity index (χ0n) is 12.8. The van der Waals surface area contributed by atoms with E-state index in [1.54, 1.807) is 36.4 Å². The van der Waals surface area contributed by atoms with Crippen molar-refractivity contribution < 1.29 is 17.2 Å². The van der Waals surface area contributed by atoms with Crippen LogP contribution in [-0.4, -0.2) is 29.5 Å². The highest BCUT2D eigenvalue weighted by molar-refractivity contribution is 9.10. The number of hydrogen-bond donors (Lipinski definition) is 0. The van der Waals surface area contributed by atoms with Crippen LogP contribution < -0.4 is 0 Å². The Kier molecular flexibility index (Phi) is 5.45. The number of thioether (sulfide) groups is 1. The highest BCUT2D eigenvalue weighted by Crippen LogP contribution is 2.29. The summed E-state index contributed by atoms with van der Waals surface area (Å²) in [6.45, 7) is -2.74. The van der Waals surface area contributed by atoms with E-state index in [1.165, 1.54) is 12.1 Å². The van der Waals surface area contributed by atoms with Gasteiger partial charge in [0.25, 0.3) is 0 Å². The van der Waals surface area contributed by atoms with Gasteiger partial charge in [0.1, 0.15) is 0 Å². The van der Waals surface area contributed by atoms with E-state index in [0.29, 0.717) is 11.0 Å². The van der Waals surface area contributed by atoms with Crippen LogP contribution in [0.15, 0.2) is 63.1 Å². The molecule has 0 bridgehead atoms. The maximum absolute atomic E-state index is 13.3. The summed E-state index contributed by atoms with van der Waals surface area (Å²) in [7, 11) is -3.48. The molecule has 0 spiro atoms. The summed E-state index contributed by atoms with van der Waals surface area (Å²) in [5.41, 5.74) is 0.789. The van der Waals surface area contributed by atoms with E-state index in [4.69, 9.17) is 0 Å². The zero-order valence-corrected chi connectivity index (χ0v) is 16.0. The van der Waals surface area contributed by atoms with Gasteiger partial charge in [0.05, 0.1) is 21.7 Å². The molecular formula is C16H13BrF2N2O2S2. The molecule has 25 heavy (non-hydrogen) atoms. The number of fused-ring (bicyclic) bond motifs is 1. The van der Waals surface area contributed by atoms with Crippen LogP contribution in [-0.2, 0) is 9.84 Å². The Morgan fingerprint density at radius 3 is 2.48 bits per heavy atom. The van der Waals surface area contributed by atoms with Gasteiger partial charge < -0.3 is 0 Å². The van der Waals surface area contributed by atoms with Gasteiger partial charge in [0, 0.05) is 10.2 Å². The second kappa shape index (κ2) is 7.43. The van der Waals surface area contributed by atoms with Gasteiger partial charge in [0.2, 0.25) is 0 Å². The summed E-state index contributed by atoms with van der Waals surface area (Å²) in [6.07, 6.45) is 0. The van der Waals surface area contributed by atoms with Gasteiger partial charge in [-0.15, -0.1) is 0 Å². The van der Waals surface area contributed by atoms with E-state index >= 15 is 0 Å². The fourth-order valence-corrected chi connectivity index (χ4v) is 5.24. The monoisotopic (exact) mass is 446 g/mol. The second-order valence-corrected chi connectivity index (χ2v) is 9.24. The molecule has 0 aliphatic rings. The minimum atomic E-state index is -3.48. The third-order valence-electron chi connectivity index (χ3n) is 3.51. The molecule has 2 aromatic carbocycles. The lowest BCUT2D eigenvalue weighted by atomic mass is 10.3. The molecule has 4 nitrogen and oxygen atoms in total. The number of rotatable bonds is 6. The average Bonchev–Trinajstić information content (AvgIpc) is 2.93. The third-order valence-corrected chi connectivity index (χ3v) is 6.99. The number of para-hydroxylation sites is 2. The molecule has 0 N–H and O–H groups in total. The molecule has 0 saturated carbocycles. The number of nitrogens with zero attached hydrogens (tertiary/aromatic N) is 2. The summed E-state index contributed by atoms with van der Waals surface area (Å²) >= 11 is 4.26. The Labute approximate surface area is 156 Å². The smallest absolute Gasteiger partial charge is 0.261 e. The molecule has 0 aliphatic heterocycles. The van der Waals surface area contributed by atoms with Gasteiger partial charge in [-0.25, -0.2) is 13.4 Å². The van der Waals surface area contributed by atoms with Crippen LogP contribution in [0.4, 0.5) is 8.78 Å². The SMILES string of the molecule is O=S(=O)(CCSc1nc2ccccc2n1C(F)F)c1ccc(Br)cc1. The predicted molar refractivity (Wildman–Crippen MR) is 97.9 cm³/mol. The normalized spacial score (nSPS) is 12.2. The standard InChI is InChI=1S/C16H13BrF2N2O2S2/c17-11-5-7-12(8-6-11)25(22,23)10-9-24-16-20-13-3-1-2-4-14(13)21(16)15(18)19/h1-8,15H,9-10H2. The average molecular weight is 447 g/mol. The van der Waals surface area contributed by atoms with Gasteiger partial charge >= 0.3 is 6.55 Å². The molecule has 1 heterocycles. The van der Waals surface area contributed by atoms with Crippen LogP contribution in [0.25, 0.3) is 11.0 Å². The molecular weight excluding hydrogens is 434 g/mol. The molecule has 132 valence electrons. The Morgan fingerprint density at radius 2 is 1.80 bits per heavy atom. The maximum atomic E-state index is 13.3. The lowest BCUT2D eigenvalue weighted by molar-refractivity contribution is 0.0656. The first-order valence-electron chi connectivity index (χ1n) is 7.25. The number of benzene rings is 2. The molecule has 1 aromatic heterocycles. The van der Waals surface area contributed by atoms with Gasteiger partial charge in [-0.1, -0.05) is 39.8 Å². The van der Waals surface area contributed by atoms with E-state index in [1.807, 2.05) is 0 Å². The summed E-state index contributed by atoms with van der Waals surface area (Å²) in [6, 6.07) is 12.9. The highest BCUT2D eigenvalue weighted by Gasteiger charge is 2.19. The highest BCUT2D eigenvalue weighted by atomic mass is 79.9. The van der Waals surface area contributed by atoms with Gasteiger partial charge in [-0.3, -0.25) is 4.57 Å². The second-order valence-electron chi connectivity index (χ2n) is 5.15. The van der Waals surface area contributed by atoms with Crippen LogP contribution in [0.1, 0.15) is 6.55 Å². The van der Waals surface area contributed by atoms with Crippen LogP contribution in [0.2, 0.25) is 0 Å². The van der Waals surface area contributed by atoms with Crippen molar-refractivity contribution in [2.24, 2.45) is 0 Å². The van der Waals surface area contributed by atoms with Crippen LogP contribution in [0, 0.1) is 0 Å². The lowest BCUT2D eigenvalue weighted by Gasteiger charge is -2.08. The molecule has 3 aromatic rings. The van der Waals surface area contributed by atoms with Crippen molar-refractivity contribution in [3.63, 3.8) is 0 Å². The zero-order chi connectivity index (χ0) is 18.0. The molecule has 0 radical (unpaired) electrons. The van der Waals surface area contributed by atoms with E-state index in [2.05, 4.69) is 20.9 Å². The van der Waals surface area contributed by atoms with Crippen molar-refractivity contribution in [2.75, 3.05) is 11.5 Å². The predicted octanol–water partition coefficient (Wildman–Crippen LogP) is 4.76. The number of aromatic nitrogens is 2. The van der Waals surface area contributed by atoms with Crippen molar-refractivity contribution >= 4 is 48.6 Å². The van der Waals surface area contributed by atoms with Crippen LogP contribution in [0.3, 0.4) is 0 Å². The fraction of sp³-hybridized carbons (Fsp3) is 0.188.